The molecular formula is C16H20FNO5. The number of carboxylic acids is 1. The van der Waals surface area contributed by atoms with Crippen molar-refractivity contribution in [3.05, 3.63) is 30.1 Å². The van der Waals surface area contributed by atoms with Gasteiger partial charge in [-0.15, -0.1) is 0 Å². The summed E-state index contributed by atoms with van der Waals surface area (Å²) in [5.41, 5.74) is 0. The van der Waals surface area contributed by atoms with Crippen LogP contribution in [0.1, 0.15) is 25.7 Å². The van der Waals surface area contributed by atoms with E-state index < -0.39 is 18.2 Å². The van der Waals surface area contributed by atoms with Crippen LogP contribution < -0.4 is 10.1 Å². The van der Waals surface area contributed by atoms with E-state index in [9.17, 15) is 14.0 Å². The molecule has 7 heteroatoms. The maximum absolute atomic E-state index is 12.7. The number of nitrogens with one attached hydrogen (secondary N) is 1. The summed E-state index contributed by atoms with van der Waals surface area (Å²) < 4.78 is 23.3. The van der Waals surface area contributed by atoms with Gasteiger partial charge in [0.25, 0.3) is 0 Å². The molecule has 0 unspecified atom stereocenters. The van der Waals surface area contributed by atoms with E-state index in [-0.39, 0.29) is 11.7 Å². The van der Waals surface area contributed by atoms with E-state index in [1.807, 2.05) is 0 Å². The van der Waals surface area contributed by atoms with Crippen molar-refractivity contribution in [3.8, 4) is 5.75 Å². The van der Waals surface area contributed by atoms with Crippen molar-refractivity contribution in [1.82, 2.24) is 5.32 Å². The lowest BCUT2D eigenvalue weighted by Gasteiger charge is -2.12. The Hall–Kier alpha value is -2.15. The molecule has 1 heterocycles. The summed E-state index contributed by atoms with van der Waals surface area (Å²) >= 11 is 0. The zero-order valence-corrected chi connectivity index (χ0v) is 12.7. The molecule has 0 radical (unpaired) electrons. The number of hydrogen-bond acceptors (Lipinski definition) is 4. The van der Waals surface area contributed by atoms with Crippen LogP contribution in [-0.2, 0) is 14.3 Å². The lowest BCUT2D eigenvalue weighted by molar-refractivity contribution is -0.151. The maximum Gasteiger partial charge on any atom is 0.332 e. The molecule has 0 spiro atoms. The lowest BCUT2D eigenvalue weighted by atomic mass is 10.2. The summed E-state index contributed by atoms with van der Waals surface area (Å²) in [6, 6.07) is 5.80. The molecule has 2 N–H and O–H groups in total. The molecule has 6 nitrogen and oxygen atoms in total. The van der Waals surface area contributed by atoms with Crippen LogP contribution in [0.3, 0.4) is 0 Å². The minimum atomic E-state index is -1.03. The third-order valence-electron chi connectivity index (χ3n) is 3.54. The molecule has 0 saturated carbocycles. The summed E-state index contributed by atoms with van der Waals surface area (Å²) in [7, 11) is 0. The Kier molecular flexibility index (Phi) is 6.34. The number of unbranched alkanes of at least 4 members (excludes halogenated alkanes) is 1. The highest BCUT2D eigenvalue weighted by Gasteiger charge is 2.34. The minimum Gasteiger partial charge on any atom is -0.494 e. The van der Waals surface area contributed by atoms with Crippen LogP contribution in [0.2, 0.25) is 0 Å². The number of hydrogen-bond donors (Lipinski definition) is 2. The Morgan fingerprint density at radius 2 is 1.91 bits per heavy atom. The average molecular weight is 325 g/mol. The highest BCUT2D eigenvalue weighted by atomic mass is 19.1. The molecule has 23 heavy (non-hydrogen) atoms. The molecule has 1 aliphatic rings. The molecule has 1 saturated heterocycles. The number of benzene rings is 1. The fourth-order valence-electron chi connectivity index (χ4n) is 2.29. The van der Waals surface area contributed by atoms with Gasteiger partial charge >= 0.3 is 5.97 Å². The Labute approximate surface area is 133 Å². The van der Waals surface area contributed by atoms with Crippen LogP contribution in [0, 0.1) is 5.82 Å². The second-order valence-electron chi connectivity index (χ2n) is 5.33. The second kappa shape index (κ2) is 8.47. The Balaban J connectivity index is 1.54. The third kappa shape index (κ3) is 5.52. The minimum absolute atomic E-state index is 0.270. The van der Waals surface area contributed by atoms with Crippen LogP contribution in [0.25, 0.3) is 0 Å². The molecular weight excluding hydrogens is 305 g/mol. The number of ether oxygens (including phenoxy) is 2. The van der Waals surface area contributed by atoms with Gasteiger partial charge in [0.1, 0.15) is 17.7 Å². The first kappa shape index (κ1) is 17.2. The summed E-state index contributed by atoms with van der Waals surface area (Å²) in [6.45, 7) is 0.950. The molecule has 1 aromatic rings. The first-order chi connectivity index (χ1) is 11.1. The van der Waals surface area contributed by atoms with Gasteiger partial charge in [-0.1, -0.05) is 0 Å². The Morgan fingerprint density at radius 1 is 1.22 bits per heavy atom. The summed E-state index contributed by atoms with van der Waals surface area (Å²) in [5.74, 6) is -1.000. The molecule has 2 atom stereocenters. The van der Waals surface area contributed by atoms with Crippen molar-refractivity contribution in [2.75, 3.05) is 13.2 Å². The molecule has 2 rings (SSSR count). The molecule has 1 aromatic carbocycles. The molecule has 1 aliphatic heterocycles. The topological polar surface area (TPSA) is 84.9 Å². The van der Waals surface area contributed by atoms with Crippen molar-refractivity contribution in [2.24, 2.45) is 0 Å². The summed E-state index contributed by atoms with van der Waals surface area (Å²) in [4.78, 5) is 22.5. The van der Waals surface area contributed by atoms with Gasteiger partial charge in [-0.05, 0) is 49.9 Å². The number of halogens is 1. The Bertz CT molecular complexity index is 534. The number of carbonyl (C=O) groups excluding carboxylic acids is 1. The quantitative estimate of drug-likeness (QED) is 0.711. The monoisotopic (exact) mass is 325 g/mol. The fraction of sp³-hybridized carbons (Fsp3) is 0.500. The van der Waals surface area contributed by atoms with Crippen molar-refractivity contribution >= 4 is 11.9 Å². The van der Waals surface area contributed by atoms with Crippen molar-refractivity contribution in [3.63, 3.8) is 0 Å². The first-order valence-corrected chi connectivity index (χ1v) is 7.60. The van der Waals surface area contributed by atoms with Gasteiger partial charge in [0.05, 0.1) is 6.61 Å². The fourth-order valence-corrected chi connectivity index (χ4v) is 2.29. The molecule has 0 aromatic heterocycles. The summed E-state index contributed by atoms with van der Waals surface area (Å²) in [5, 5.41) is 11.5. The second-order valence-corrected chi connectivity index (χ2v) is 5.33. The number of carbonyl (C=O) groups is 2. The number of aliphatic carboxylic acids is 1. The normalized spacial score (nSPS) is 20.2. The molecule has 0 bridgehead atoms. The van der Waals surface area contributed by atoms with Crippen molar-refractivity contribution in [1.29, 1.82) is 0 Å². The van der Waals surface area contributed by atoms with E-state index in [1.165, 1.54) is 12.1 Å². The number of carboxylic acid groups (broad SMARTS) is 1. The van der Waals surface area contributed by atoms with Crippen LogP contribution in [0.4, 0.5) is 4.39 Å². The molecule has 1 fully saturated rings. The van der Waals surface area contributed by atoms with Gasteiger partial charge in [0.2, 0.25) is 5.91 Å². The van der Waals surface area contributed by atoms with E-state index in [4.69, 9.17) is 14.6 Å². The molecule has 1 amide bonds. The number of amides is 1. The standard InChI is InChI=1S/C16H20FNO5/c17-11-3-5-12(6-4-11)22-10-2-1-9-18-15(19)13-7-8-14(23-13)16(20)21/h3-6,13-14H,1-2,7-10H2,(H,18,19)(H,20,21)/t13-,14+/m0/s1. The van der Waals surface area contributed by atoms with Gasteiger partial charge in [0.15, 0.2) is 6.10 Å². The SMILES string of the molecule is O=C(NCCCCOc1ccc(F)cc1)[C@@H]1CC[C@H](C(=O)O)O1. The van der Waals surface area contributed by atoms with E-state index in [0.717, 1.165) is 12.8 Å². The van der Waals surface area contributed by atoms with E-state index in [1.54, 1.807) is 12.1 Å². The largest absolute Gasteiger partial charge is 0.494 e. The van der Waals surface area contributed by atoms with Gasteiger partial charge < -0.3 is 19.9 Å². The van der Waals surface area contributed by atoms with Crippen molar-refractivity contribution in [2.45, 2.75) is 37.9 Å². The van der Waals surface area contributed by atoms with E-state index in [2.05, 4.69) is 5.32 Å². The zero-order chi connectivity index (χ0) is 16.7. The predicted molar refractivity (Wildman–Crippen MR) is 79.7 cm³/mol. The highest BCUT2D eigenvalue weighted by Crippen LogP contribution is 2.19. The van der Waals surface area contributed by atoms with Crippen LogP contribution >= 0.6 is 0 Å². The Morgan fingerprint density at radius 3 is 2.57 bits per heavy atom. The van der Waals surface area contributed by atoms with E-state index in [0.29, 0.717) is 31.7 Å². The average Bonchev–Trinajstić information content (AvgIpc) is 3.02. The molecule has 126 valence electrons. The summed E-state index contributed by atoms with van der Waals surface area (Å²) in [6.07, 6.45) is 0.694. The highest BCUT2D eigenvalue weighted by molar-refractivity contribution is 5.82. The zero-order valence-electron chi connectivity index (χ0n) is 12.7. The smallest absolute Gasteiger partial charge is 0.332 e. The van der Waals surface area contributed by atoms with Crippen LogP contribution in [0.5, 0.6) is 5.75 Å². The van der Waals surface area contributed by atoms with Crippen molar-refractivity contribution < 1.29 is 28.6 Å². The lowest BCUT2D eigenvalue weighted by Crippen LogP contribution is -2.36. The van der Waals surface area contributed by atoms with Crippen LogP contribution in [0.15, 0.2) is 24.3 Å². The van der Waals surface area contributed by atoms with Gasteiger partial charge in [-0.25, -0.2) is 9.18 Å². The maximum atomic E-state index is 12.7. The van der Waals surface area contributed by atoms with E-state index >= 15 is 0 Å². The van der Waals surface area contributed by atoms with Gasteiger partial charge in [-0.3, -0.25) is 4.79 Å². The van der Waals surface area contributed by atoms with Crippen LogP contribution in [-0.4, -0.2) is 42.3 Å². The predicted octanol–water partition coefficient (Wildman–Crippen LogP) is 1.73. The third-order valence-corrected chi connectivity index (χ3v) is 3.54. The number of rotatable bonds is 8. The van der Waals surface area contributed by atoms with Gasteiger partial charge in [-0.2, -0.15) is 0 Å². The van der Waals surface area contributed by atoms with Gasteiger partial charge in [0, 0.05) is 6.54 Å². The molecule has 0 aliphatic carbocycles. The first-order valence-electron chi connectivity index (χ1n) is 7.60.